The van der Waals surface area contributed by atoms with Crippen molar-refractivity contribution in [3.8, 4) is 5.88 Å². The van der Waals surface area contributed by atoms with Gasteiger partial charge in [-0.25, -0.2) is 13.4 Å². The molecule has 3 N–H and O–H groups in total. The number of para-hydroxylation sites is 1. The van der Waals surface area contributed by atoms with Gasteiger partial charge in [0.05, 0.1) is 28.9 Å². The molecule has 1 aromatic heterocycles. The molecule has 0 radical (unpaired) electrons. The normalized spacial score (nSPS) is 12.2. The first kappa shape index (κ1) is 23.5. The fraction of sp³-hybridized carbons (Fsp3) is 0.192. The summed E-state index contributed by atoms with van der Waals surface area (Å²) in [6, 6.07) is 24.4. The van der Waals surface area contributed by atoms with Gasteiger partial charge in [-0.05, 0) is 36.9 Å². The van der Waals surface area contributed by atoms with Gasteiger partial charge in [0, 0.05) is 29.6 Å². The number of anilines is 1. The lowest BCUT2D eigenvalue weighted by molar-refractivity contribution is 0.457. The molecular weight excluding hydrogens is 448 g/mol. The van der Waals surface area contributed by atoms with Crippen molar-refractivity contribution in [1.29, 1.82) is 0 Å². The number of fused-ring (bicyclic) bond motifs is 1. The first-order chi connectivity index (χ1) is 16.4. The number of aromatic nitrogens is 1. The Balaban J connectivity index is 1.76. The fourth-order valence-corrected chi connectivity index (χ4v) is 4.82. The Morgan fingerprint density at radius 3 is 2.35 bits per heavy atom. The Labute approximate surface area is 199 Å². The Bertz CT molecular complexity index is 1400. The van der Waals surface area contributed by atoms with Gasteiger partial charge >= 0.3 is 0 Å². The van der Waals surface area contributed by atoms with E-state index in [2.05, 4.69) is 10.3 Å². The van der Waals surface area contributed by atoms with E-state index >= 15 is 0 Å². The van der Waals surface area contributed by atoms with Gasteiger partial charge in [0.15, 0.2) is 5.88 Å². The highest BCUT2D eigenvalue weighted by atomic mass is 32.2. The lowest BCUT2D eigenvalue weighted by atomic mass is 10.0. The zero-order valence-electron chi connectivity index (χ0n) is 19.2. The van der Waals surface area contributed by atoms with Gasteiger partial charge in [-0.2, -0.15) is 0 Å². The van der Waals surface area contributed by atoms with E-state index < -0.39 is 10.0 Å². The molecule has 4 aromatic rings. The minimum atomic E-state index is -3.42. The smallest absolute Gasteiger partial charge is 0.232 e. The number of aromatic hydroxyl groups is 1. The molecule has 3 aromatic carbocycles. The van der Waals surface area contributed by atoms with E-state index in [0.717, 1.165) is 23.0 Å². The first-order valence-corrected chi connectivity index (χ1v) is 13.0. The number of rotatable bonds is 9. The summed E-state index contributed by atoms with van der Waals surface area (Å²) < 4.78 is 26.0. The maximum atomic E-state index is 12.3. The topological polar surface area (TPSA) is 97.8 Å². The fourth-order valence-electron chi connectivity index (χ4n) is 3.89. The highest BCUT2D eigenvalue weighted by molar-refractivity contribution is 7.92. The maximum Gasteiger partial charge on any atom is 0.232 e. The van der Waals surface area contributed by atoms with Gasteiger partial charge in [0.25, 0.3) is 0 Å². The van der Waals surface area contributed by atoms with Gasteiger partial charge in [0.1, 0.15) is 0 Å². The van der Waals surface area contributed by atoms with E-state index in [0.29, 0.717) is 35.7 Å². The Morgan fingerprint density at radius 1 is 1.00 bits per heavy atom. The zero-order chi connectivity index (χ0) is 24.1. The highest BCUT2D eigenvalue weighted by Crippen LogP contribution is 2.32. The van der Waals surface area contributed by atoms with Crippen LogP contribution in [0.2, 0.25) is 0 Å². The summed E-state index contributed by atoms with van der Waals surface area (Å²) in [5.41, 5.74) is 4.14. The molecule has 176 valence electrons. The van der Waals surface area contributed by atoms with Crippen LogP contribution in [0.4, 0.5) is 11.4 Å². The van der Waals surface area contributed by atoms with Crippen LogP contribution in [-0.4, -0.2) is 50.1 Å². The molecular formula is C26H28N4O3S. The average Bonchev–Trinajstić information content (AvgIpc) is 3.16. The van der Waals surface area contributed by atoms with Gasteiger partial charge in [-0.3, -0.25) is 4.31 Å². The molecule has 1 heterocycles. The third-order valence-electron chi connectivity index (χ3n) is 5.49. The van der Waals surface area contributed by atoms with E-state index in [1.807, 2.05) is 61.5 Å². The van der Waals surface area contributed by atoms with Crippen molar-refractivity contribution in [3.05, 3.63) is 90.0 Å². The van der Waals surface area contributed by atoms with Crippen molar-refractivity contribution in [1.82, 2.24) is 10.3 Å². The number of hydrogen-bond acceptors (Lipinski definition) is 5. The minimum absolute atomic E-state index is 0.0482. The summed E-state index contributed by atoms with van der Waals surface area (Å²) in [6.07, 6.45) is 1.21. The van der Waals surface area contributed by atoms with Crippen LogP contribution >= 0.6 is 0 Å². The standard InChI is InChI=1S/C26H28N4O3S/c1-3-27-17-18-30(34(2,32)33)21-15-13-20(14-16-21)28-25(19-9-5-4-6-10-19)24-22-11-7-8-12-23(22)29-26(24)31/h4-16,27,29,31H,3,17-18H2,1-2H3. The third kappa shape index (κ3) is 5.13. The molecule has 8 heteroatoms. The summed E-state index contributed by atoms with van der Waals surface area (Å²) in [5.74, 6) is 0.0482. The summed E-state index contributed by atoms with van der Waals surface area (Å²) in [5, 5.41) is 14.8. The summed E-state index contributed by atoms with van der Waals surface area (Å²) in [4.78, 5) is 7.90. The molecule has 0 aliphatic carbocycles. The maximum absolute atomic E-state index is 12.3. The quantitative estimate of drug-likeness (QED) is 0.246. The molecule has 0 saturated heterocycles. The number of aliphatic imine (C=N–C) groups is 1. The van der Waals surface area contributed by atoms with Crippen LogP contribution < -0.4 is 9.62 Å². The number of nitrogens with one attached hydrogen (secondary N) is 2. The monoisotopic (exact) mass is 476 g/mol. The van der Waals surface area contributed by atoms with Crippen LogP contribution in [0.25, 0.3) is 10.9 Å². The van der Waals surface area contributed by atoms with Crippen LogP contribution in [0.15, 0.2) is 83.9 Å². The Hall–Kier alpha value is -3.62. The van der Waals surface area contributed by atoms with Crippen LogP contribution in [0.5, 0.6) is 5.88 Å². The molecule has 0 saturated carbocycles. The number of aromatic amines is 1. The second kappa shape index (κ2) is 10.1. The molecule has 4 rings (SSSR count). The van der Waals surface area contributed by atoms with Crippen LogP contribution in [0, 0.1) is 0 Å². The molecule has 0 bridgehead atoms. The van der Waals surface area contributed by atoms with E-state index in [1.54, 1.807) is 24.3 Å². The van der Waals surface area contributed by atoms with Crippen molar-refractivity contribution in [2.45, 2.75) is 6.92 Å². The molecule has 0 unspecified atom stereocenters. The molecule has 34 heavy (non-hydrogen) atoms. The Kier molecular flexibility index (Phi) is 7.00. The van der Waals surface area contributed by atoms with E-state index in [4.69, 9.17) is 4.99 Å². The lowest BCUT2D eigenvalue weighted by Gasteiger charge is -2.22. The van der Waals surface area contributed by atoms with Crippen molar-refractivity contribution < 1.29 is 13.5 Å². The molecule has 0 aliphatic rings. The van der Waals surface area contributed by atoms with Gasteiger partial charge in [-0.15, -0.1) is 0 Å². The SMILES string of the molecule is CCNCCN(c1ccc(N=C(c2ccccc2)c2c(O)[nH]c3ccccc23)cc1)S(C)(=O)=O. The average molecular weight is 477 g/mol. The second-order valence-corrected chi connectivity index (χ2v) is 9.83. The second-order valence-electron chi connectivity index (χ2n) is 7.93. The predicted octanol–water partition coefficient (Wildman–Crippen LogP) is 4.42. The van der Waals surface area contributed by atoms with Gasteiger partial charge < -0.3 is 15.4 Å². The minimum Gasteiger partial charge on any atom is -0.494 e. The van der Waals surface area contributed by atoms with Crippen molar-refractivity contribution in [2.24, 2.45) is 4.99 Å². The van der Waals surface area contributed by atoms with Gasteiger partial charge in [-0.1, -0.05) is 55.5 Å². The highest BCUT2D eigenvalue weighted by Gasteiger charge is 2.19. The van der Waals surface area contributed by atoms with Crippen molar-refractivity contribution in [3.63, 3.8) is 0 Å². The third-order valence-corrected chi connectivity index (χ3v) is 6.68. The molecule has 7 nitrogen and oxygen atoms in total. The largest absolute Gasteiger partial charge is 0.494 e. The lowest BCUT2D eigenvalue weighted by Crippen LogP contribution is -2.36. The molecule has 0 spiro atoms. The molecule has 0 amide bonds. The van der Waals surface area contributed by atoms with E-state index in [1.165, 1.54) is 10.6 Å². The number of hydrogen-bond donors (Lipinski definition) is 3. The summed E-state index contributed by atoms with van der Waals surface area (Å²) in [7, 11) is -3.42. The zero-order valence-corrected chi connectivity index (χ0v) is 20.0. The Morgan fingerprint density at radius 2 is 1.68 bits per heavy atom. The summed E-state index contributed by atoms with van der Waals surface area (Å²) >= 11 is 0. The van der Waals surface area contributed by atoms with Crippen LogP contribution in [0.3, 0.4) is 0 Å². The first-order valence-electron chi connectivity index (χ1n) is 11.1. The van der Waals surface area contributed by atoms with Crippen LogP contribution in [0.1, 0.15) is 18.1 Å². The van der Waals surface area contributed by atoms with E-state index in [9.17, 15) is 13.5 Å². The number of sulfonamides is 1. The molecule has 0 atom stereocenters. The van der Waals surface area contributed by atoms with Crippen LogP contribution in [-0.2, 0) is 10.0 Å². The van der Waals surface area contributed by atoms with Crippen molar-refractivity contribution >= 4 is 38.0 Å². The van der Waals surface area contributed by atoms with Gasteiger partial charge in [0.2, 0.25) is 10.0 Å². The number of benzene rings is 3. The van der Waals surface area contributed by atoms with Crippen molar-refractivity contribution in [2.75, 3.05) is 30.2 Å². The molecule has 0 fully saturated rings. The van der Waals surface area contributed by atoms with E-state index in [-0.39, 0.29) is 5.88 Å². The predicted molar refractivity (Wildman–Crippen MR) is 139 cm³/mol. The number of nitrogens with zero attached hydrogens (tertiary/aromatic N) is 2. The molecule has 0 aliphatic heterocycles. The number of likely N-dealkylation sites (N-methyl/N-ethyl adjacent to an activating group) is 1. The summed E-state index contributed by atoms with van der Waals surface area (Å²) in [6.45, 7) is 3.65. The number of H-pyrrole nitrogens is 1.